The van der Waals surface area contributed by atoms with Crippen LogP contribution in [-0.2, 0) is 4.74 Å². The molecular weight excluding hydrogens is 88.1 g/mol. The van der Waals surface area contributed by atoms with Gasteiger partial charge in [0.1, 0.15) is 0 Å². The molecule has 0 N–H and O–H groups in total. The minimum absolute atomic E-state index is 0.571. The summed E-state index contributed by atoms with van der Waals surface area (Å²) in [5.74, 6) is 0. The van der Waals surface area contributed by atoms with Crippen molar-refractivity contribution in [1.82, 2.24) is 0 Å². The van der Waals surface area contributed by atoms with Crippen molar-refractivity contribution >= 4 is 0 Å². The second kappa shape index (κ2) is 2.31. The third kappa shape index (κ3) is 1.48. The zero-order chi connectivity index (χ0) is 6.04. The molecule has 0 aromatic carbocycles. The van der Waals surface area contributed by atoms with E-state index in [0.717, 1.165) is 25.9 Å². The van der Waals surface area contributed by atoms with Gasteiger partial charge in [-0.1, -0.05) is 0 Å². The first-order valence-electron chi connectivity index (χ1n) is 3.35. The molecule has 0 aromatic heterocycles. The smallest absolute Gasteiger partial charge is 0.0600 e. The van der Waals surface area contributed by atoms with E-state index in [2.05, 4.69) is 0 Å². The van der Waals surface area contributed by atoms with Gasteiger partial charge in [-0.2, -0.15) is 0 Å². The van der Waals surface area contributed by atoms with Crippen LogP contribution in [0.25, 0.3) is 0 Å². The molecule has 1 rings (SSSR count). The fourth-order valence-electron chi connectivity index (χ4n) is 0.795. The lowest BCUT2D eigenvalue weighted by atomic mass is 10.1. The fourth-order valence-corrected chi connectivity index (χ4v) is 0.795. The van der Waals surface area contributed by atoms with Gasteiger partial charge in [0.25, 0.3) is 0 Å². The van der Waals surface area contributed by atoms with Gasteiger partial charge in [0.2, 0.25) is 0 Å². The summed E-state index contributed by atoms with van der Waals surface area (Å²) in [6.45, 7) is 2.60. The predicted molar refractivity (Wildman–Crippen MR) is 29.3 cm³/mol. The van der Waals surface area contributed by atoms with Crippen molar-refractivity contribution in [2.75, 3.05) is 6.61 Å². The topological polar surface area (TPSA) is 9.23 Å². The van der Waals surface area contributed by atoms with Crippen LogP contribution in [0.4, 0.5) is 0 Å². The lowest BCUT2D eigenvalue weighted by molar-refractivity contribution is 0.0285. The molecular formula is C6H12O. The first-order valence-corrected chi connectivity index (χ1v) is 2.85. The molecule has 0 saturated carbocycles. The maximum atomic E-state index is 7.40. The molecule has 0 aromatic rings. The van der Waals surface area contributed by atoms with E-state index in [-0.39, 0.29) is 0 Å². The summed E-state index contributed by atoms with van der Waals surface area (Å²) >= 11 is 0. The van der Waals surface area contributed by atoms with Gasteiger partial charge in [0, 0.05) is 6.61 Å². The molecule has 0 radical (unpaired) electrons. The van der Waals surface area contributed by atoms with Gasteiger partial charge in [-0.15, -0.1) is 0 Å². The highest BCUT2D eigenvalue weighted by Crippen LogP contribution is 2.10. The summed E-state index contributed by atoms with van der Waals surface area (Å²) in [5.41, 5.74) is 0. The molecule has 1 fully saturated rings. The van der Waals surface area contributed by atoms with Crippen molar-refractivity contribution in [1.29, 1.82) is 0 Å². The zero-order valence-corrected chi connectivity index (χ0v) is 4.74. The zero-order valence-electron chi connectivity index (χ0n) is 5.74. The highest BCUT2D eigenvalue weighted by molar-refractivity contribution is 4.55. The van der Waals surface area contributed by atoms with E-state index < -0.39 is 6.08 Å². The summed E-state index contributed by atoms with van der Waals surface area (Å²) in [6.07, 6.45) is 2.61. The number of rotatable bonds is 0. The highest BCUT2D eigenvalue weighted by Gasteiger charge is 2.05. The van der Waals surface area contributed by atoms with Crippen LogP contribution in [0.3, 0.4) is 0 Å². The van der Waals surface area contributed by atoms with Crippen LogP contribution in [-0.4, -0.2) is 12.7 Å². The molecule has 1 saturated heterocycles. The quantitative estimate of drug-likeness (QED) is 0.450. The molecule has 1 heteroatoms. The number of hydrogen-bond donors (Lipinski definition) is 0. The Labute approximate surface area is 46.1 Å². The SMILES string of the molecule is [2H][C@@]1(C)CCCCO1. The standard InChI is InChI=1S/C6H12O/c1-6-4-2-3-5-7-6/h6H,2-5H2,1H3/t6-/m1/s1/i6D. The maximum absolute atomic E-state index is 7.40. The summed E-state index contributed by atoms with van der Waals surface area (Å²) in [5, 5.41) is 0. The van der Waals surface area contributed by atoms with Crippen molar-refractivity contribution in [3.8, 4) is 0 Å². The molecule has 0 unspecified atom stereocenters. The second-order valence-electron chi connectivity index (χ2n) is 2.01. The number of hydrogen-bond acceptors (Lipinski definition) is 1. The van der Waals surface area contributed by atoms with Gasteiger partial charge >= 0.3 is 0 Å². The average molecular weight is 101 g/mol. The molecule has 1 atom stereocenters. The first-order chi connectivity index (χ1) is 3.71. The highest BCUT2D eigenvalue weighted by atomic mass is 16.5. The Hall–Kier alpha value is -0.0400. The molecule has 1 heterocycles. The van der Waals surface area contributed by atoms with Gasteiger partial charge < -0.3 is 4.74 Å². The third-order valence-corrected chi connectivity index (χ3v) is 1.27. The molecule has 7 heavy (non-hydrogen) atoms. The maximum Gasteiger partial charge on any atom is 0.0600 e. The van der Waals surface area contributed by atoms with E-state index in [1.807, 2.05) is 6.92 Å². The Bertz CT molecular complexity index is 72.6. The molecule has 1 aliphatic heterocycles. The van der Waals surface area contributed by atoms with E-state index >= 15 is 0 Å². The van der Waals surface area contributed by atoms with Crippen molar-refractivity contribution in [3.05, 3.63) is 0 Å². The predicted octanol–water partition coefficient (Wildman–Crippen LogP) is 1.58. The molecule has 0 amide bonds. The molecule has 0 aliphatic carbocycles. The third-order valence-electron chi connectivity index (χ3n) is 1.27. The van der Waals surface area contributed by atoms with E-state index in [4.69, 9.17) is 6.11 Å². The van der Waals surface area contributed by atoms with E-state index in [1.54, 1.807) is 0 Å². The minimum Gasteiger partial charge on any atom is -0.379 e. The lowest BCUT2D eigenvalue weighted by Crippen LogP contribution is -2.14. The van der Waals surface area contributed by atoms with Gasteiger partial charge in [0.05, 0.1) is 7.45 Å². The van der Waals surface area contributed by atoms with Crippen LogP contribution in [0, 0.1) is 0 Å². The molecule has 0 bridgehead atoms. The Balaban J connectivity index is 2.33. The van der Waals surface area contributed by atoms with E-state index in [9.17, 15) is 0 Å². The summed E-state index contributed by atoms with van der Waals surface area (Å²) < 4.78 is 12.5. The Morgan fingerprint density at radius 3 is 2.86 bits per heavy atom. The van der Waals surface area contributed by atoms with Gasteiger partial charge in [0.15, 0.2) is 0 Å². The summed E-state index contributed by atoms with van der Waals surface area (Å²) in [4.78, 5) is 0. The van der Waals surface area contributed by atoms with E-state index in [1.165, 1.54) is 0 Å². The normalized spacial score (nSPS) is 45.6. The van der Waals surface area contributed by atoms with Gasteiger partial charge in [-0.25, -0.2) is 0 Å². The molecule has 1 aliphatic rings. The lowest BCUT2D eigenvalue weighted by Gasteiger charge is -2.17. The summed E-state index contributed by atoms with van der Waals surface area (Å²) in [6, 6.07) is 0. The van der Waals surface area contributed by atoms with E-state index in [0.29, 0.717) is 0 Å². The molecule has 42 valence electrons. The Kier molecular flexibility index (Phi) is 1.29. The number of ether oxygens (including phenoxy) is 1. The average Bonchev–Trinajstić information content (AvgIpc) is 1.65. The minimum atomic E-state index is -0.571. The van der Waals surface area contributed by atoms with Crippen LogP contribution in [0.15, 0.2) is 0 Å². The van der Waals surface area contributed by atoms with Crippen LogP contribution < -0.4 is 0 Å². The van der Waals surface area contributed by atoms with Crippen molar-refractivity contribution in [2.24, 2.45) is 0 Å². The van der Waals surface area contributed by atoms with Crippen LogP contribution in [0.1, 0.15) is 27.6 Å². The first kappa shape index (κ1) is 3.90. The Morgan fingerprint density at radius 1 is 1.71 bits per heavy atom. The van der Waals surface area contributed by atoms with Crippen LogP contribution in [0.5, 0.6) is 0 Å². The second-order valence-corrected chi connectivity index (χ2v) is 2.01. The molecule has 1 nitrogen and oxygen atoms in total. The Morgan fingerprint density at radius 2 is 2.57 bits per heavy atom. The summed E-state index contributed by atoms with van der Waals surface area (Å²) in [7, 11) is 0. The van der Waals surface area contributed by atoms with Crippen LogP contribution >= 0.6 is 0 Å². The van der Waals surface area contributed by atoms with Crippen molar-refractivity contribution in [3.63, 3.8) is 0 Å². The van der Waals surface area contributed by atoms with Crippen LogP contribution in [0.2, 0.25) is 0 Å². The molecule has 0 spiro atoms. The fraction of sp³-hybridized carbons (Fsp3) is 1.00. The largest absolute Gasteiger partial charge is 0.379 e. The van der Waals surface area contributed by atoms with Crippen molar-refractivity contribution < 1.29 is 6.11 Å². The van der Waals surface area contributed by atoms with Crippen molar-refractivity contribution in [2.45, 2.75) is 32.3 Å². The monoisotopic (exact) mass is 101 g/mol. The van der Waals surface area contributed by atoms with Gasteiger partial charge in [-0.3, -0.25) is 0 Å². The van der Waals surface area contributed by atoms with Gasteiger partial charge in [-0.05, 0) is 26.2 Å².